The number of carbonyl (C=O) groups is 1. The quantitative estimate of drug-likeness (QED) is 0.574. The topological polar surface area (TPSA) is 59.3 Å². The number of hydrogen-bond acceptors (Lipinski definition) is 4. The normalized spacial score (nSPS) is 11.2. The van der Waals surface area contributed by atoms with E-state index in [4.69, 9.17) is 14.7 Å². The van der Waals surface area contributed by atoms with Crippen LogP contribution in [0, 0.1) is 17.2 Å². The smallest absolute Gasteiger partial charge is 0.175 e. The molecule has 0 N–H and O–H groups in total. The molecule has 0 aliphatic rings. The molecular formula is C16H18BrNO3. The zero-order chi connectivity index (χ0) is 16.0. The number of Topliss-reactive ketones (excluding diaryl/α,β-unsaturated/α-hetero) is 1. The molecule has 0 heterocycles. The molecule has 0 radical (unpaired) electrons. The molecule has 0 aromatic heterocycles. The van der Waals surface area contributed by atoms with Crippen molar-refractivity contribution in [3.63, 3.8) is 0 Å². The molecule has 0 spiro atoms. The third-order valence-electron chi connectivity index (χ3n) is 2.76. The van der Waals surface area contributed by atoms with Gasteiger partial charge in [-0.15, -0.1) is 0 Å². The van der Waals surface area contributed by atoms with E-state index in [0.29, 0.717) is 28.1 Å². The van der Waals surface area contributed by atoms with Crippen molar-refractivity contribution in [3.8, 4) is 17.6 Å². The van der Waals surface area contributed by atoms with E-state index in [1.165, 1.54) is 0 Å². The molecule has 1 aromatic rings. The van der Waals surface area contributed by atoms with Crippen LogP contribution in [0.15, 0.2) is 22.2 Å². The summed E-state index contributed by atoms with van der Waals surface area (Å²) in [5.41, 5.74) is 0.834. The Morgan fingerprint density at radius 1 is 1.48 bits per heavy atom. The van der Waals surface area contributed by atoms with Gasteiger partial charge in [0.1, 0.15) is 6.07 Å². The zero-order valence-corrected chi connectivity index (χ0v) is 14.2. The summed E-state index contributed by atoms with van der Waals surface area (Å²) in [4.78, 5) is 11.9. The van der Waals surface area contributed by atoms with Gasteiger partial charge in [0.05, 0.1) is 23.8 Å². The Balaban J connectivity index is 3.31. The molecule has 5 heteroatoms. The summed E-state index contributed by atoms with van der Waals surface area (Å²) in [6.45, 7) is 5.90. The molecule has 0 bridgehead atoms. The minimum absolute atomic E-state index is 0.129. The van der Waals surface area contributed by atoms with Crippen LogP contribution in [0.4, 0.5) is 0 Å². The molecule has 4 nitrogen and oxygen atoms in total. The second-order valence-electron chi connectivity index (χ2n) is 4.66. The summed E-state index contributed by atoms with van der Waals surface area (Å²) in [7, 11) is 1.56. The van der Waals surface area contributed by atoms with Gasteiger partial charge in [-0.3, -0.25) is 4.79 Å². The maximum atomic E-state index is 11.9. The molecule has 0 saturated heterocycles. The SMILES string of the molecule is CCOc1cc(C=C(C#N)C(=O)C(C)C)cc(Br)c1OC. The van der Waals surface area contributed by atoms with Gasteiger partial charge in [0.25, 0.3) is 0 Å². The zero-order valence-electron chi connectivity index (χ0n) is 12.6. The van der Waals surface area contributed by atoms with Crippen molar-refractivity contribution < 1.29 is 14.3 Å². The summed E-state index contributed by atoms with van der Waals surface area (Å²) in [6, 6.07) is 5.49. The molecule has 112 valence electrons. The molecule has 1 aromatic carbocycles. The maximum absolute atomic E-state index is 11.9. The fourth-order valence-electron chi connectivity index (χ4n) is 1.77. The molecule has 0 unspecified atom stereocenters. The summed E-state index contributed by atoms with van der Waals surface area (Å²) in [6.07, 6.45) is 1.56. The van der Waals surface area contributed by atoms with E-state index in [1.807, 2.05) is 13.0 Å². The van der Waals surface area contributed by atoms with Gasteiger partial charge in [-0.1, -0.05) is 13.8 Å². The lowest BCUT2D eigenvalue weighted by Gasteiger charge is -2.12. The largest absolute Gasteiger partial charge is 0.492 e. The summed E-state index contributed by atoms with van der Waals surface area (Å²) < 4.78 is 11.5. The summed E-state index contributed by atoms with van der Waals surface area (Å²) in [5, 5.41) is 9.14. The Labute approximate surface area is 133 Å². The third kappa shape index (κ3) is 4.33. The number of halogens is 1. The molecule has 0 atom stereocenters. The first-order chi connectivity index (χ1) is 9.94. The molecular weight excluding hydrogens is 334 g/mol. The fraction of sp³-hybridized carbons (Fsp3) is 0.375. The first-order valence-corrected chi connectivity index (χ1v) is 7.40. The number of hydrogen-bond donors (Lipinski definition) is 0. The van der Waals surface area contributed by atoms with Crippen LogP contribution in [0.3, 0.4) is 0 Å². The van der Waals surface area contributed by atoms with Crippen LogP contribution in [0.1, 0.15) is 26.3 Å². The van der Waals surface area contributed by atoms with E-state index < -0.39 is 0 Å². The van der Waals surface area contributed by atoms with E-state index in [9.17, 15) is 4.79 Å². The first-order valence-electron chi connectivity index (χ1n) is 6.60. The monoisotopic (exact) mass is 351 g/mol. The maximum Gasteiger partial charge on any atom is 0.175 e. The Bertz CT molecular complexity index is 600. The summed E-state index contributed by atoms with van der Waals surface area (Å²) >= 11 is 3.40. The van der Waals surface area contributed by atoms with E-state index in [0.717, 1.165) is 0 Å². The van der Waals surface area contributed by atoms with Crippen LogP contribution in [-0.2, 0) is 4.79 Å². The second kappa shape index (κ2) is 7.84. The van der Waals surface area contributed by atoms with Gasteiger partial charge in [0.2, 0.25) is 0 Å². The number of carbonyl (C=O) groups excluding carboxylic acids is 1. The van der Waals surface area contributed by atoms with Crippen LogP contribution in [-0.4, -0.2) is 19.5 Å². The van der Waals surface area contributed by atoms with E-state index in [1.54, 1.807) is 39.2 Å². The number of ether oxygens (including phenoxy) is 2. The van der Waals surface area contributed by atoms with E-state index >= 15 is 0 Å². The van der Waals surface area contributed by atoms with Crippen LogP contribution in [0.5, 0.6) is 11.5 Å². The molecule has 21 heavy (non-hydrogen) atoms. The van der Waals surface area contributed by atoms with Gasteiger partial charge in [-0.05, 0) is 46.6 Å². The van der Waals surface area contributed by atoms with Gasteiger partial charge in [-0.25, -0.2) is 0 Å². The van der Waals surface area contributed by atoms with Crippen LogP contribution in [0.2, 0.25) is 0 Å². The predicted molar refractivity (Wildman–Crippen MR) is 85.3 cm³/mol. The third-order valence-corrected chi connectivity index (χ3v) is 3.35. The Morgan fingerprint density at radius 2 is 2.14 bits per heavy atom. The number of nitrogens with zero attached hydrogens (tertiary/aromatic N) is 1. The van der Waals surface area contributed by atoms with Gasteiger partial charge < -0.3 is 9.47 Å². The molecule has 0 amide bonds. The summed E-state index contributed by atoms with van der Waals surface area (Å²) in [5.74, 6) is 0.754. The van der Waals surface area contributed by atoms with Crippen LogP contribution in [0.25, 0.3) is 6.08 Å². The first kappa shape index (κ1) is 17.3. The number of benzene rings is 1. The van der Waals surface area contributed by atoms with Gasteiger partial charge in [-0.2, -0.15) is 5.26 Å². The van der Waals surface area contributed by atoms with E-state index in [2.05, 4.69) is 15.9 Å². The fourth-order valence-corrected chi connectivity index (χ4v) is 2.39. The molecule has 0 fully saturated rings. The standard InChI is InChI=1S/C16H18BrNO3/c1-5-21-14-8-11(7-13(17)16(14)20-4)6-12(9-18)15(19)10(2)3/h6-8,10H,5H2,1-4H3. The van der Waals surface area contributed by atoms with Crippen LogP contribution < -0.4 is 9.47 Å². The van der Waals surface area contributed by atoms with Gasteiger partial charge in [0.15, 0.2) is 17.3 Å². The highest BCUT2D eigenvalue weighted by Crippen LogP contribution is 2.37. The average Bonchev–Trinajstić information content (AvgIpc) is 2.44. The number of nitriles is 1. The highest BCUT2D eigenvalue weighted by atomic mass is 79.9. The molecule has 0 saturated carbocycles. The Hall–Kier alpha value is -1.80. The highest BCUT2D eigenvalue weighted by molar-refractivity contribution is 9.10. The van der Waals surface area contributed by atoms with Crippen LogP contribution >= 0.6 is 15.9 Å². The van der Waals surface area contributed by atoms with Crippen molar-refractivity contribution in [2.24, 2.45) is 5.92 Å². The van der Waals surface area contributed by atoms with Crippen molar-refractivity contribution in [1.29, 1.82) is 5.26 Å². The molecule has 0 aliphatic carbocycles. The number of methoxy groups -OCH3 is 1. The van der Waals surface area contributed by atoms with Gasteiger partial charge in [0, 0.05) is 5.92 Å². The highest BCUT2D eigenvalue weighted by Gasteiger charge is 2.15. The van der Waals surface area contributed by atoms with Gasteiger partial charge >= 0.3 is 0 Å². The number of rotatable bonds is 6. The minimum atomic E-state index is -0.219. The minimum Gasteiger partial charge on any atom is -0.492 e. The lowest BCUT2D eigenvalue weighted by Crippen LogP contribution is -2.08. The van der Waals surface area contributed by atoms with E-state index in [-0.39, 0.29) is 17.3 Å². The number of ketones is 1. The van der Waals surface area contributed by atoms with Crippen molar-refractivity contribution in [1.82, 2.24) is 0 Å². The lowest BCUT2D eigenvalue weighted by atomic mass is 10.00. The van der Waals surface area contributed by atoms with Crippen molar-refractivity contribution in [2.75, 3.05) is 13.7 Å². The van der Waals surface area contributed by atoms with Crippen molar-refractivity contribution in [2.45, 2.75) is 20.8 Å². The molecule has 1 rings (SSSR count). The van der Waals surface area contributed by atoms with Crippen molar-refractivity contribution >= 4 is 27.8 Å². The molecule has 0 aliphatic heterocycles. The second-order valence-corrected chi connectivity index (χ2v) is 5.51. The average molecular weight is 352 g/mol. The Morgan fingerprint density at radius 3 is 2.62 bits per heavy atom. The Kier molecular flexibility index (Phi) is 6.44. The lowest BCUT2D eigenvalue weighted by molar-refractivity contribution is -0.117. The number of allylic oxidation sites excluding steroid dienone is 1. The predicted octanol–water partition coefficient (Wildman–Crippen LogP) is 3.99. The van der Waals surface area contributed by atoms with Crippen molar-refractivity contribution in [3.05, 3.63) is 27.7 Å².